The Kier molecular flexibility index (Phi) is 6.30. The molecule has 6 nitrogen and oxygen atoms in total. The summed E-state index contributed by atoms with van der Waals surface area (Å²) in [5, 5.41) is 6.38. The fourth-order valence-electron chi connectivity index (χ4n) is 6.07. The average Bonchev–Trinajstić information content (AvgIpc) is 3.40. The summed E-state index contributed by atoms with van der Waals surface area (Å²) in [6.07, 6.45) is 2.10. The topological polar surface area (TPSA) is 43.7 Å². The molecule has 0 amide bonds. The first-order chi connectivity index (χ1) is 18.4. The first kappa shape index (κ1) is 25.1. The number of aryl methyl sites for hydroxylation is 1. The minimum absolute atomic E-state index is 0.200. The Morgan fingerprint density at radius 3 is 2.34 bits per heavy atom. The zero-order valence-electron chi connectivity index (χ0n) is 22.9. The fourth-order valence-corrected chi connectivity index (χ4v) is 9.94. The second kappa shape index (κ2) is 9.53. The molecular formula is C31H36N5OP. The summed E-state index contributed by atoms with van der Waals surface area (Å²) in [4.78, 5) is 2.37. The van der Waals surface area contributed by atoms with Gasteiger partial charge >= 0.3 is 0 Å². The summed E-state index contributed by atoms with van der Waals surface area (Å²) in [5.41, 5.74) is 8.21. The van der Waals surface area contributed by atoms with E-state index in [1.54, 1.807) is 0 Å². The predicted octanol–water partition coefficient (Wildman–Crippen LogP) is 7.44. The van der Waals surface area contributed by atoms with Gasteiger partial charge in [-0.1, -0.05) is 62.4 Å². The van der Waals surface area contributed by atoms with Gasteiger partial charge in [-0.25, -0.2) is 14.2 Å². The van der Waals surface area contributed by atoms with E-state index in [0.29, 0.717) is 13.2 Å². The van der Waals surface area contributed by atoms with E-state index < -0.39 is 7.36 Å². The normalized spacial score (nSPS) is 24.7. The molecule has 0 radical (unpaired) electrons. The summed E-state index contributed by atoms with van der Waals surface area (Å²) >= 11 is 0. The van der Waals surface area contributed by atoms with E-state index in [2.05, 4.69) is 128 Å². The average molecular weight is 526 g/mol. The highest BCUT2D eigenvalue weighted by Gasteiger charge is 2.50. The lowest BCUT2D eigenvalue weighted by Crippen LogP contribution is -2.38. The van der Waals surface area contributed by atoms with Crippen molar-refractivity contribution in [3.8, 4) is 0 Å². The minimum atomic E-state index is -2.60. The Morgan fingerprint density at radius 2 is 1.61 bits per heavy atom. The summed E-state index contributed by atoms with van der Waals surface area (Å²) in [6.45, 7) is 12.0. The third-order valence-corrected chi connectivity index (χ3v) is 11.7. The van der Waals surface area contributed by atoms with Crippen molar-refractivity contribution < 1.29 is 4.74 Å². The highest BCUT2D eigenvalue weighted by Crippen LogP contribution is 2.70. The second-order valence-electron chi connectivity index (χ2n) is 10.8. The molecule has 0 aromatic heterocycles. The molecule has 0 saturated carbocycles. The molecular weight excluding hydrogens is 489 g/mol. The van der Waals surface area contributed by atoms with Crippen LogP contribution in [-0.4, -0.2) is 44.2 Å². The summed E-state index contributed by atoms with van der Waals surface area (Å²) < 4.78 is 16.5. The lowest BCUT2D eigenvalue weighted by atomic mass is 9.84. The van der Waals surface area contributed by atoms with Gasteiger partial charge in [0.05, 0.1) is 36.1 Å². The molecule has 6 rings (SSSR count). The molecule has 7 heteroatoms. The van der Waals surface area contributed by atoms with Crippen LogP contribution in [0.2, 0.25) is 0 Å². The van der Waals surface area contributed by atoms with Crippen LogP contribution in [-0.2, 0) is 10.2 Å². The van der Waals surface area contributed by atoms with Crippen molar-refractivity contribution in [2.24, 2.45) is 9.85 Å². The molecule has 1 atom stereocenters. The van der Waals surface area contributed by atoms with E-state index in [-0.39, 0.29) is 5.41 Å². The summed E-state index contributed by atoms with van der Waals surface area (Å²) in [6, 6.07) is 25.7. The molecule has 0 spiro atoms. The number of anilines is 2. The molecule has 0 N–H and O–H groups in total. The Labute approximate surface area is 226 Å². The maximum atomic E-state index is 5.86. The van der Waals surface area contributed by atoms with Gasteiger partial charge in [0.2, 0.25) is 0 Å². The van der Waals surface area contributed by atoms with Crippen molar-refractivity contribution in [3.05, 3.63) is 100 Å². The van der Waals surface area contributed by atoms with Crippen molar-refractivity contribution in [1.29, 1.82) is 0 Å². The molecule has 3 aromatic rings. The van der Waals surface area contributed by atoms with Gasteiger partial charge in [-0.05, 0) is 54.8 Å². The standard InChI is InChI=1S/C31H36N5OP/c1-23-12-11-16-27(24(23)2)33-38(35-18-20-37-21-19-35)29(22-32-36(38)25-13-7-6-8-14-25)30-31(3,4)26-15-9-10-17-28(26)34(30)5/h6-17,22H,18-21H2,1-5H3. The van der Waals surface area contributed by atoms with Crippen LogP contribution in [0.4, 0.5) is 17.1 Å². The molecule has 0 bridgehead atoms. The summed E-state index contributed by atoms with van der Waals surface area (Å²) in [7, 11) is -0.405. The smallest absolute Gasteiger partial charge is 0.180 e. The van der Waals surface area contributed by atoms with Crippen LogP contribution in [0.3, 0.4) is 0 Å². The zero-order valence-corrected chi connectivity index (χ0v) is 23.8. The van der Waals surface area contributed by atoms with E-state index in [0.717, 1.165) is 24.5 Å². The van der Waals surface area contributed by atoms with E-state index >= 15 is 0 Å². The Morgan fingerprint density at radius 1 is 0.895 bits per heavy atom. The maximum absolute atomic E-state index is 5.86. The van der Waals surface area contributed by atoms with Gasteiger partial charge in [0.1, 0.15) is 0 Å². The minimum Gasteiger partial charge on any atom is -0.379 e. The first-order valence-corrected chi connectivity index (χ1v) is 15.0. The maximum Gasteiger partial charge on any atom is 0.180 e. The van der Waals surface area contributed by atoms with Crippen LogP contribution in [0.1, 0.15) is 30.5 Å². The molecule has 3 aromatic carbocycles. The number of ether oxygens (including phenoxy) is 1. The fraction of sp³-hybridized carbons (Fsp3) is 0.323. The number of morpholine rings is 1. The molecule has 3 aliphatic heterocycles. The van der Waals surface area contributed by atoms with Crippen molar-refractivity contribution in [2.45, 2.75) is 33.1 Å². The van der Waals surface area contributed by atoms with E-state index in [1.165, 1.54) is 33.4 Å². The van der Waals surface area contributed by atoms with Crippen LogP contribution >= 0.6 is 7.36 Å². The van der Waals surface area contributed by atoms with E-state index in [9.17, 15) is 0 Å². The molecule has 1 unspecified atom stereocenters. The highest BCUT2D eigenvalue weighted by atomic mass is 31.2. The molecule has 3 aliphatic rings. The number of hydrogen-bond acceptors (Lipinski definition) is 4. The number of para-hydroxylation sites is 2. The van der Waals surface area contributed by atoms with Gasteiger partial charge in [-0.15, -0.1) is 0 Å². The third-order valence-electron chi connectivity index (χ3n) is 8.18. The molecule has 3 heterocycles. The van der Waals surface area contributed by atoms with Crippen molar-refractivity contribution in [2.75, 3.05) is 43.0 Å². The highest BCUT2D eigenvalue weighted by molar-refractivity contribution is 7.71. The van der Waals surface area contributed by atoms with Crippen LogP contribution in [0.25, 0.3) is 0 Å². The Balaban J connectivity index is 1.71. The summed E-state index contributed by atoms with van der Waals surface area (Å²) in [5.74, 6) is 0. The Bertz CT molecular complexity index is 1490. The second-order valence-corrected chi connectivity index (χ2v) is 13.5. The van der Waals surface area contributed by atoms with Gasteiger partial charge in [0.25, 0.3) is 0 Å². The largest absolute Gasteiger partial charge is 0.379 e. The zero-order chi connectivity index (χ0) is 26.5. The number of likely N-dealkylation sites (N-methyl/N-ethyl adjacent to an activating group) is 1. The SMILES string of the molecule is Cc1cccc(N=P2(N3CCOCC3)C(=C3N(C)c4ccccc4C3(C)C)C=NN2c2ccccc2)c1C. The van der Waals surface area contributed by atoms with Crippen molar-refractivity contribution in [3.63, 3.8) is 0 Å². The monoisotopic (exact) mass is 525 g/mol. The van der Waals surface area contributed by atoms with E-state index in [4.69, 9.17) is 14.6 Å². The van der Waals surface area contributed by atoms with E-state index in [1.807, 2.05) is 0 Å². The molecule has 0 aliphatic carbocycles. The number of nitrogens with zero attached hydrogens (tertiary/aromatic N) is 5. The number of hydrazone groups is 1. The van der Waals surface area contributed by atoms with Crippen molar-refractivity contribution in [1.82, 2.24) is 4.67 Å². The van der Waals surface area contributed by atoms with Gasteiger partial charge < -0.3 is 9.64 Å². The van der Waals surface area contributed by atoms with Crippen LogP contribution in [0.15, 0.2) is 93.7 Å². The quantitative estimate of drug-likeness (QED) is 0.333. The van der Waals surface area contributed by atoms with Gasteiger partial charge in [0.15, 0.2) is 7.36 Å². The lowest BCUT2D eigenvalue weighted by Gasteiger charge is -2.43. The van der Waals surface area contributed by atoms with Crippen molar-refractivity contribution >= 4 is 30.6 Å². The van der Waals surface area contributed by atoms with Gasteiger partial charge in [-0.3, -0.25) is 0 Å². The van der Waals surface area contributed by atoms with Crippen LogP contribution in [0.5, 0.6) is 0 Å². The number of fused-ring (bicyclic) bond motifs is 1. The number of hydrogen-bond donors (Lipinski definition) is 0. The molecule has 38 heavy (non-hydrogen) atoms. The molecule has 1 fully saturated rings. The Hall–Kier alpha value is -3.18. The van der Waals surface area contributed by atoms with Gasteiger partial charge in [-0.2, -0.15) is 5.10 Å². The van der Waals surface area contributed by atoms with Crippen LogP contribution in [0, 0.1) is 13.8 Å². The first-order valence-electron chi connectivity index (χ1n) is 13.4. The third kappa shape index (κ3) is 3.78. The predicted molar refractivity (Wildman–Crippen MR) is 160 cm³/mol. The number of benzene rings is 3. The number of rotatable bonds is 3. The molecule has 1 saturated heterocycles. The lowest BCUT2D eigenvalue weighted by molar-refractivity contribution is 0.0743. The van der Waals surface area contributed by atoms with Gasteiger partial charge in [0, 0.05) is 36.9 Å². The number of allylic oxidation sites excluding steroid dienone is 2. The van der Waals surface area contributed by atoms with Crippen LogP contribution < -0.4 is 9.68 Å². The molecule has 196 valence electrons.